The summed E-state index contributed by atoms with van der Waals surface area (Å²) in [5.41, 5.74) is 5.58. The second-order valence-electron chi connectivity index (χ2n) is 3.33. The fourth-order valence-corrected chi connectivity index (χ4v) is 1.27. The van der Waals surface area contributed by atoms with Crippen LogP contribution in [0.3, 0.4) is 0 Å². The van der Waals surface area contributed by atoms with Crippen molar-refractivity contribution in [3.8, 4) is 0 Å². The summed E-state index contributed by atoms with van der Waals surface area (Å²) in [7, 11) is 0. The Morgan fingerprint density at radius 3 is 2.53 bits per heavy atom. The molecule has 0 aromatic rings. The quantitative estimate of drug-likeness (QED) is 0.467. The number of thiol groups is 1. The Morgan fingerprint density at radius 2 is 2.13 bits per heavy atom. The number of rotatable bonds is 7. The maximum absolute atomic E-state index is 11.4. The highest BCUT2D eigenvalue weighted by atomic mass is 32.1. The molecule has 0 aliphatic carbocycles. The van der Waals surface area contributed by atoms with E-state index in [1.54, 1.807) is 0 Å². The van der Waals surface area contributed by atoms with E-state index in [2.05, 4.69) is 17.9 Å². The zero-order valence-corrected chi connectivity index (χ0v) is 9.67. The molecule has 0 aliphatic heterocycles. The first kappa shape index (κ1) is 14.2. The van der Waals surface area contributed by atoms with Crippen molar-refractivity contribution >= 4 is 24.5 Å². The lowest BCUT2D eigenvalue weighted by Gasteiger charge is -2.15. The summed E-state index contributed by atoms with van der Waals surface area (Å²) in [5, 5.41) is 11.0. The van der Waals surface area contributed by atoms with Crippen LogP contribution in [0.1, 0.15) is 26.2 Å². The van der Waals surface area contributed by atoms with E-state index in [4.69, 9.17) is 10.8 Å². The molecule has 0 saturated carbocycles. The number of unbranched alkanes of at least 4 members (excludes halogenated alkanes) is 1. The van der Waals surface area contributed by atoms with Crippen LogP contribution in [0.15, 0.2) is 0 Å². The maximum Gasteiger partial charge on any atom is 0.327 e. The number of carboxylic acid groups (broad SMARTS) is 1. The summed E-state index contributed by atoms with van der Waals surface area (Å²) in [6.07, 6.45) is 2.38. The number of nitrogens with two attached hydrogens (primary N) is 1. The molecular formula is C9H18N2O3S. The molecule has 15 heavy (non-hydrogen) atoms. The van der Waals surface area contributed by atoms with Gasteiger partial charge < -0.3 is 16.2 Å². The summed E-state index contributed by atoms with van der Waals surface area (Å²) in [4.78, 5) is 22.0. The van der Waals surface area contributed by atoms with E-state index in [-0.39, 0.29) is 5.75 Å². The molecular weight excluding hydrogens is 216 g/mol. The van der Waals surface area contributed by atoms with Gasteiger partial charge in [0, 0.05) is 5.75 Å². The second kappa shape index (κ2) is 7.53. The van der Waals surface area contributed by atoms with E-state index in [0.29, 0.717) is 6.42 Å². The first-order chi connectivity index (χ1) is 7.02. The minimum absolute atomic E-state index is 0.0571. The van der Waals surface area contributed by atoms with Crippen LogP contribution in [0.25, 0.3) is 0 Å². The molecule has 88 valence electrons. The summed E-state index contributed by atoms with van der Waals surface area (Å²) < 4.78 is 0. The Labute approximate surface area is 94.8 Å². The van der Waals surface area contributed by atoms with Crippen LogP contribution in [0.4, 0.5) is 0 Å². The van der Waals surface area contributed by atoms with Crippen LogP contribution in [-0.2, 0) is 9.59 Å². The van der Waals surface area contributed by atoms with Gasteiger partial charge in [0.15, 0.2) is 0 Å². The van der Waals surface area contributed by atoms with Gasteiger partial charge in [0.1, 0.15) is 6.04 Å². The third-order valence-electron chi connectivity index (χ3n) is 2.00. The normalized spacial score (nSPS) is 14.3. The number of amides is 1. The van der Waals surface area contributed by atoms with E-state index in [9.17, 15) is 9.59 Å². The van der Waals surface area contributed by atoms with Gasteiger partial charge in [-0.15, -0.1) is 0 Å². The average Bonchev–Trinajstić information content (AvgIpc) is 2.21. The molecule has 0 fully saturated rings. The van der Waals surface area contributed by atoms with Gasteiger partial charge >= 0.3 is 5.97 Å². The Morgan fingerprint density at radius 1 is 1.53 bits per heavy atom. The maximum atomic E-state index is 11.4. The molecule has 0 unspecified atom stereocenters. The lowest BCUT2D eigenvalue weighted by Crippen LogP contribution is -2.49. The van der Waals surface area contributed by atoms with Crippen LogP contribution < -0.4 is 11.1 Å². The fourth-order valence-electron chi connectivity index (χ4n) is 1.02. The minimum Gasteiger partial charge on any atom is -0.480 e. The minimum atomic E-state index is -1.10. The zero-order chi connectivity index (χ0) is 11.8. The van der Waals surface area contributed by atoms with Crippen molar-refractivity contribution in [1.29, 1.82) is 0 Å². The SMILES string of the molecule is CCCC[C@H](N)C(=O)N[C@@H](CS)C(=O)O. The number of hydrogen-bond acceptors (Lipinski definition) is 4. The monoisotopic (exact) mass is 234 g/mol. The highest BCUT2D eigenvalue weighted by molar-refractivity contribution is 7.80. The van der Waals surface area contributed by atoms with Crippen molar-refractivity contribution in [2.75, 3.05) is 5.75 Å². The molecule has 0 aromatic carbocycles. The van der Waals surface area contributed by atoms with Gasteiger partial charge in [0.2, 0.25) is 5.91 Å². The molecule has 0 saturated heterocycles. The highest BCUT2D eigenvalue weighted by Gasteiger charge is 2.21. The van der Waals surface area contributed by atoms with Crippen molar-refractivity contribution in [3.05, 3.63) is 0 Å². The standard InChI is InChI=1S/C9H18N2O3S/c1-2-3-4-6(10)8(12)11-7(5-15)9(13)14/h6-7,15H,2-5,10H2,1H3,(H,11,12)(H,13,14)/t6-,7-/m0/s1. The predicted octanol–water partition coefficient (Wildman–Crippen LogP) is 0.00310. The van der Waals surface area contributed by atoms with Gasteiger partial charge in [-0.05, 0) is 6.42 Å². The van der Waals surface area contributed by atoms with Gasteiger partial charge in [0.05, 0.1) is 6.04 Å². The number of aliphatic carboxylic acids is 1. The Bertz CT molecular complexity index is 223. The Kier molecular flexibility index (Phi) is 7.15. The van der Waals surface area contributed by atoms with Crippen molar-refractivity contribution in [2.24, 2.45) is 5.73 Å². The van der Waals surface area contributed by atoms with Crippen LogP contribution in [0, 0.1) is 0 Å². The first-order valence-electron chi connectivity index (χ1n) is 4.92. The highest BCUT2D eigenvalue weighted by Crippen LogP contribution is 1.99. The van der Waals surface area contributed by atoms with Crippen LogP contribution in [0.5, 0.6) is 0 Å². The zero-order valence-electron chi connectivity index (χ0n) is 8.77. The van der Waals surface area contributed by atoms with Crippen molar-refractivity contribution < 1.29 is 14.7 Å². The van der Waals surface area contributed by atoms with Crippen molar-refractivity contribution in [1.82, 2.24) is 5.32 Å². The lowest BCUT2D eigenvalue weighted by atomic mass is 10.1. The number of hydrogen-bond donors (Lipinski definition) is 4. The number of carbonyl (C=O) groups is 2. The summed E-state index contributed by atoms with van der Waals surface area (Å²) in [6.45, 7) is 2.00. The average molecular weight is 234 g/mol. The number of nitrogens with one attached hydrogen (secondary N) is 1. The van der Waals surface area contributed by atoms with Crippen LogP contribution >= 0.6 is 12.6 Å². The van der Waals surface area contributed by atoms with Crippen LogP contribution in [-0.4, -0.2) is 34.8 Å². The molecule has 0 heterocycles. The van der Waals surface area contributed by atoms with Gasteiger partial charge in [-0.1, -0.05) is 19.8 Å². The van der Waals surface area contributed by atoms with Gasteiger partial charge in [-0.2, -0.15) is 12.6 Å². The smallest absolute Gasteiger partial charge is 0.327 e. The van der Waals surface area contributed by atoms with Gasteiger partial charge in [-0.25, -0.2) is 4.79 Å². The summed E-state index contributed by atoms with van der Waals surface area (Å²) >= 11 is 3.83. The molecule has 0 rings (SSSR count). The topological polar surface area (TPSA) is 92.4 Å². The predicted molar refractivity (Wildman–Crippen MR) is 60.9 cm³/mol. The Balaban J connectivity index is 4.04. The Hall–Kier alpha value is -0.750. The molecule has 5 nitrogen and oxygen atoms in total. The van der Waals surface area contributed by atoms with Crippen LogP contribution in [0.2, 0.25) is 0 Å². The fraction of sp³-hybridized carbons (Fsp3) is 0.778. The molecule has 0 aromatic heterocycles. The van der Waals surface area contributed by atoms with E-state index < -0.39 is 24.0 Å². The molecule has 0 aliphatic rings. The van der Waals surface area contributed by atoms with Crippen molar-refractivity contribution in [2.45, 2.75) is 38.3 Å². The summed E-state index contributed by atoms with van der Waals surface area (Å²) in [6, 6.07) is -1.60. The lowest BCUT2D eigenvalue weighted by molar-refractivity contribution is -0.141. The molecule has 0 radical (unpaired) electrons. The molecule has 4 N–H and O–H groups in total. The first-order valence-corrected chi connectivity index (χ1v) is 5.55. The number of carbonyl (C=O) groups excluding carboxylic acids is 1. The van der Waals surface area contributed by atoms with E-state index >= 15 is 0 Å². The molecule has 6 heteroatoms. The van der Waals surface area contributed by atoms with E-state index in [0.717, 1.165) is 12.8 Å². The number of carboxylic acids is 1. The van der Waals surface area contributed by atoms with Crippen molar-refractivity contribution in [3.63, 3.8) is 0 Å². The van der Waals surface area contributed by atoms with E-state index in [1.807, 2.05) is 6.92 Å². The molecule has 1 amide bonds. The molecule has 0 bridgehead atoms. The van der Waals surface area contributed by atoms with Gasteiger partial charge in [0.25, 0.3) is 0 Å². The molecule has 0 spiro atoms. The second-order valence-corrected chi connectivity index (χ2v) is 3.70. The van der Waals surface area contributed by atoms with Gasteiger partial charge in [-0.3, -0.25) is 4.79 Å². The molecule has 2 atom stereocenters. The summed E-state index contributed by atoms with van der Waals surface area (Å²) in [5.74, 6) is -1.47. The third-order valence-corrected chi connectivity index (χ3v) is 2.37. The third kappa shape index (κ3) is 5.64. The largest absolute Gasteiger partial charge is 0.480 e. The van der Waals surface area contributed by atoms with E-state index in [1.165, 1.54) is 0 Å².